The van der Waals surface area contributed by atoms with Crippen molar-refractivity contribution in [2.75, 3.05) is 12.3 Å². The Balaban J connectivity index is 2.81. The van der Waals surface area contributed by atoms with E-state index in [1.165, 1.54) is 4.31 Å². The maximum Gasteiger partial charge on any atom is 0.307 e. The Morgan fingerprint density at radius 2 is 1.95 bits per heavy atom. The summed E-state index contributed by atoms with van der Waals surface area (Å²) in [4.78, 5) is 11.0. The van der Waals surface area contributed by atoms with E-state index in [4.69, 9.17) is 5.11 Å². The maximum absolute atomic E-state index is 12.4. The first-order valence-electron chi connectivity index (χ1n) is 7.10. The van der Waals surface area contributed by atoms with E-state index in [2.05, 4.69) is 0 Å². The van der Waals surface area contributed by atoms with Gasteiger partial charge in [0, 0.05) is 12.6 Å². The van der Waals surface area contributed by atoms with Crippen LogP contribution < -0.4 is 0 Å². The molecule has 5 nitrogen and oxygen atoms in total. The number of rotatable bonds is 8. The van der Waals surface area contributed by atoms with Crippen LogP contribution in [-0.2, 0) is 14.8 Å². The number of hydrogen-bond donors (Lipinski definition) is 1. The molecule has 1 unspecified atom stereocenters. The van der Waals surface area contributed by atoms with Gasteiger partial charge in [-0.3, -0.25) is 4.79 Å². The summed E-state index contributed by atoms with van der Waals surface area (Å²) in [5, 5.41) is 8.99. The molecule has 0 bridgehead atoms. The molecular weight excluding hydrogens is 266 g/mol. The zero-order valence-electron chi connectivity index (χ0n) is 11.8. The third-order valence-electron chi connectivity index (χ3n) is 3.72. The first-order chi connectivity index (χ1) is 8.88. The lowest BCUT2D eigenvalue weighted by atomic mass is 10.1. The van der Waals surface area contributed by atoms with E-state index in [1.807, 2.05) is 6.92 Å². The Morgan fingerprint density at radius 3 is 2.42 bits per heavy atom. The fourth-order valence-corrected chi connectivity index (χ4v) is 4.48. The number of aliphatic carboxylic acids is 1. The Hall–Kier alpha value is -0.620. The minimum Gasteiger partial charge on any atom is -0.481 e. The van der Waals surface area contributed by atoms with Crippen LogP contribution in [-0.4, -0.2) is 42.1 Å². The average Bonchev–Trinajstić information content (AvgIpc) is 2.86. The van der Waals surface area contributed by atoms with Gasteiger partial charge >= 0.3 is 5.97 Å². The van der Waals surface area contributed by atoms with E-state index in [1.54, 1.807) is 6.92 Å². The van der Waals surface area contributed by atoms with Crippen LogP contribution in [0.5, 0.6) is 0 Å². The van der Waals surface area contributed by atoms with Gasteiger partial charge in [-0.1, -0.05) is 33.1 Å². The van der Waals surface area contributed by atoms with Gasteiger partial charge in [0.05, 0.1) is 11.7 Å². The van der Waals surface area contributed by atoms with Crippen molar-refractivity contribution in [1.29, 1.82) is 0 Å². The SMILES string of the molecule is CCCCS(=O)(=O)N(CC(C)C(=O)O)C1CCCC1. The molecule has 1 atom stereocenters. The van der Waals surface area contributed by atoms with Crippen LogP contribution in [0.15, 0.2) is 0 Å². The summed E-state index contributed by atoms with van der Waals surface area (Å²) in [6, 6.07) is 0.00339. The summed E-state index contributed by atoms with van der Waals surface area (Å²) in [5.41, 5.74) is 0. The lowest BCUT2D eigenvalue weighted by Gasteiger charge is -2.29. The first-order valence-corrected chi connectivity index (χ1v) is 8.71. The highest BCUT2D eigenvalue weighted by Crippen LogP contribution is 2.27. The van der Waals surface area contributed by atoms with E-state index in [0.29, 0.717) is 6.42 Å². The molecule has 1 saturated carbocycles. The number of sulfonamides is 1. The van der Waals surface area contributed by atoms with Crippen LogP contribution in [0.25, 0.3) is 0 Å². The van der Waals surface area contributed by atoms with Crippen molar-refractivity contribution in [1.82, 2.24) is 4.31 Å². The molecule has 0 saturated heterocycles. The second-order valence-electron chi connectivity index (χ2n) is 5.42. The number of nitrogens with zero attached hydrogens (tertiary/aromatic N) is 1. The molecule has 1 fully saturated rings. The van der Waals surface area contributed by atoms with Gasteiger partial charge in [-0.05, 0) is 19.3 Å². The summed E-state index contributed by atoms with van der Waals surface area (Å²) in [6.07, 6.45) is 5.24. The third-order valence-corrected chi connectivity index (χ3v) is 5.69. The molecule has 1 rings (SSSR count). The molecule has 0 aromatic carbocycles. The first kappa shape index (κ1) is 16.4. The van der Waals surface area contributed by atoms with Gasteiger partial charge in [-0.15, -0.1) is 0 Å². The molecule has 0 aliphatic heterocycles. The van der Waals surface area contributed by atoms with Crippen molar-refractivity contribution in [2.24, 2.45) is 5.92 Å². The largest absolute Gasteiger partial charge is 0.481 e. The molecule has 112 valence electrons. The molecule has 0 heterocycles. The van der Waals surface area contributed by atoms with Crippen LogP contribution in [0, 0.1) is 5.92 Å². The van der Waals surface area contributed by atoms with Crippen molar-refractivity contribution >= 4 is 16.0 Å². The van der Waals surface area contributed by atoms with Crippen LogP contribution in [0.1, 0.15) is 52.4 Å². The molecule has 0 amide bonds. The summed E-state index contributed by atoms with van der Waals surface area (Å²) in [7, 11) is -3.33. The average molecular weight is 291 g/mol. The molecule has 6 heteroatoms. The second-order valence-corrected chi connectivity index (χ2v) is 7.46. The van der Waals surface area contributed by atoms with Crippen molar-refractivity contribution in [2.45, 2.75) is 58.4 Å². The Morgan fingerprint density at radius 1 is 1.37 bits per heavy atom. The smallest absolute Gasteiger partial charge is 0.307 e. The molecule has 0 radical (unpaired) electrons. The Bertz CT molecular complexity index is 387. The van der Waals surface area contributed by atoms with Gasteiger partial charge in [0.25, 0.3) is 0 Å². The number of carboxylic acid groups (broad SMARTS) is 1. The number of carbonyl (C=O) groups is 1. The predicted octanol–water partition coefficient (Wildman–Crippen LogP) is 2.08. The van der Waals surface area contributed by atoms with E-state index in [-0.39, 0.29) is 18.3 Å². The molecule has 1 aliphatic carbocycles. The minimum atomic E-state index is -3.33. The van der Waals surface area contributed by atoms with Gasteiger partial charge in [0.1, 0.15) is 0 Å². The molecule has 0 spiro atoms. The van der Waals surface area contributed by atoms with Gasteiger partial charge in [-0.25, -0.2) is 8.42 Å². The number of hydrogen-bond acceptors (Lipinski definition) is 3. The van der Waals surface area contributed by atoms with Crippen molar-refractivity contribution in [3.05, 3.63) is 0 Å². The lowest BCUT2D eigenvalue weighted by molar-refractivity contribution is -0.141. The van der Waals surface area contributed by atoms with Gasteiger partial charge in [0.2, 0.25) is 10.0 Å². The van der Waals surface area contributed by atoms with Gasteiger partial charge in [-0.2, -0.15) is 4.31 Å². The van der Waals surface area contributed by atoms with Crippen LogP contribution in [0.3, 0.4) is 0 Å². The summed E-state index contributed by atoms with van der Waals surface area (Å²) in [6.45, 7) is 3.63. The molecular formula is C13H25NO4S. The molecule has 0 aromatic heterocycles. The highest BCUT2D eigenvalue weighted by molar-refractivity contribution is 7.89. The molecule has 1 aliphatic rings. The van der Waals surface area contributed by atoms with E-state index in [9.17, 15) is 13.2 Å². The second kappa shape index (κ2) is 7.24. The van der Waals surface area contributed by atoms with Gasteiger partial charge < -0.3 is 5.11 Å². The Kier molecular flexibility index (Phi) is 6.26. The quantitative estimate of drug-likeness (QED) is 0.743. The van der Waals surface area contributed by atoms with Gasteiger partial charge in [0.15, 0.2) is 0 Å². The maximum atomic E-state index is 12.4. The minimum absolute atomic E-state index is 0.00339. The van der Waals surface area contributed by atoms with Crippen molar-refractivity contribution in [3.8, 4) is 0 Å². The van der Waals surface area contributed by atoms with Crippen molar-refractivity contribution < 1.29 is 18.3 Å². The van der Waals surface area contributed by atoms with E-state index >= 15 is 0 Å². The molecule has 0 aromatic rings. The zero-order valence-corrected chi connectivity index (χ0v) is 12.7. The third kappa shape index (κ3) is 4.76. The van der Waals surface area contributed by atoms with Crippen molar-refractivity contribution in [3.63, 3.8) is 0 Å². The summed E-state index contributed by atoms with van der Waals surface area (Å²) < 4.78 is 26.2. The molecule has 19 heavy (non-hydrogen) atoms. The fourth-order valence-electron chi connectivity index (χ4n) is 2.47. The van der Waals surface area contributed by atoms with E-state index < -0.39 is 21.9 Å². The van der Waals surface area contributed by atoms with Crippen LogP contribution in [0.2, 0.25) is 0 Å². The summed E-state index contributed by atoms with van der Waals surface area (Å²) >= 11 is 0. The fraction of sp³-hybridized carbons (Fsp3) is 0.923. The number of carboxylic acids is 1. The molecule has 1 N–H and O–H groups in total. The predicted molar refractivity (Wildman–Crippen MR) is 74.5 cm³/mol. The monoisotopic (exact) mass is 291 g/mol. The highest BCUT2D eigenvalue weighted by Gasteiger charge is 2.33. The summed E-state index contributed by atoms with van der Waals surface area (Å²) in [5.74, 6) is -1.46. The standard InChI is InChI=1S/C13H25NO4S/c1-3-4-9-19(17,18)14(10-11(2)13(15)16)12-7-5-6-8-12/h11-12H,3-10H2,1-2H3,(H,15,16). The van der Waals surface area contributed by atoms with Crippen LogP contribution >= 0.6 is 0 Å². The number of unbranched alkanes of at least 4 members (excludes halogenated alkanes) is 1. The lowest BCUT2D eigenvalue weighted by Crippen LogP contribution is -2.44. The van der Waals surface area contributed by atoms with E-state index in [0.717, 1.165) is 32.1 Å². The topological polar surface area (TPSA) is 74.7 Å². The van der Waals surface area contributed by atoms with Crippen LogP contribution in [0.4, 0.5) is 0 Å². The highest BCUT2D eigenvalue weighted by atomic mass is 32.2. The Labute approximate surface area is 116 Å². The normalized spacial score (nSPS) is 18.9. The zero-order chi connectivity index (χ0) is 14.5.